The number of hydrogen-bond donors (Lipinski definition) is 0. The lowest BCUT2D eigenvalue weighted by molar-refractivity contribution is 1.04. The van der Waals surface area contributed by atoms with E-state index >= 15 is 0 Å². The Balaban J connectivity index is 0.000000847. The van der Waals surface area contributed by atoms with Crippen LogP contribution >= 0.6 is 0 Å². The van der Waals surface area contributed by atoms with Gasteiger partial charge in [-0.3, -0.25) is 0 Å². The van der Waals surface area contributed by atoms with Crippen LogP contribution in [0.5, 0.6) is 0 Å². The second kappa shape index (κ2) is 7.61. The smallest absolute Gasteiger partial charge is 0.00303 e. The Kier molecular flexibility index (Phi) is 5.55. The van der Waals surface area contributed by atoms with Crippen molar-refractivity contribution in [2.24, 2.45) is 0 Å². The molecular formula is C22H24. The largest absolute Gasteiger partial charge is 0.0984 e. The van der Waals surface area contributed by atoms with Crippen molar-refractivity contribution in [3.05, 3.63) is 78.4 Å². The summed E-state index contributed by atoms with van der Waals surface area (Å²) in [5.41, 5.74) is 4.90. The Labute approximate surface area is 134 Å². The average molecular weight is 288 g/mol. The minimum absolute atomic E-state index is 1.11. The molecule has 0 aromatic heterocycles. The van der Waals surface area contributed by atoms with Crippen LogP contribution in [0.3, 0.4) is 0 Å². The number of allylic oxidation sites excluding steroid dienone is 4. The lowest BCUT2D eigenvalue weighted by Gasteiger charge is -2.16. The first-order valence-electron chi connectivity index (χ1n) is 8.03. The predicted octanol–water partition coefficient (Wildman–Crippen LogP) is 6.89. The molecule has 0 N–H and O–H groups in total. The van der Waals surface area contributed by atoms with Crippen LogP contribution in [0.2, 0.25) is 0 Å². The van der Waals surface area contributed by atoms with Crippen LogP contribution in [0.4, 0.5) is 0 Å². The molecule has 0 nitrogen and oxygen atoms in total. The Morgan fingerprint density at radius 1 is 1.00 bits per heavy atom. The first kappa shape index (κ1) is 16.0. The van der Waals surface area contributed by atoms with Gasteiger partial charge < -0.3 is 0 Å². The minimum Gasteiger partial charge on any atom is -0.0984 e. The summed E-state index contributed by atoms with van der Waals surface area (Å²) in [6, 6.07) is 10.7. The van der Waals surface area contributed by atoms with E-state index in [1.54, 1.807) is 0 Å². The molecule has 0 unspecified atom stereocenters. The van der Waals surface area contributed by atoms with Gasteiger partial charge in [0.25, 0.3) is 0 Å². The fraction of sp³-hybridized carbons (Fsp3) is 0.182. The molecule has 0 amide bonds. The van der Waals surface area contributed by atoms with Gasteiger partial charge in [0.05, 0.1) is 0 Å². The third-order valence-electron chi connectivity index (χ3n) is 3.83. The highest BCUT2D eigenvalue weighted by Crippen LogP contribution is 2.35. The molecule has 0 heteroatoms. The van der Waals surface area contributed by atoms with Crippen LogP contribution < -0.4 is 0 Å². The fourth-order valence-corrected chi connectivity index (χ4v) is 2.88. The Hall–Kier alpha value is -2.34. The van der Waals surface area contributed by atoms with Gasteiger partial charge in [-0.25, -0.2) is 0 Å². The van der Waals surface area contributed by atoms with E-state index in [9.17, 15) is 0 Å². The predicted molar refractivity (Wildman–Crippen MR) is 102 cm³/mol. The zero-order valence-corrected chi connectivity index (χ0v) is 13.6. The highest BCUT2D eigenvalue weighted by Gasteiger charge is 2.13. The van der Waals surface area contributed by atoms with E-state index in [0.717, 1.165) is 18.4 Å². The van der Waals surface area contributed by atoms with E-state index in [1.165, 1.54) is 27.5 Å². The summed E-state index contributed by atoms with van der Waals surface area (Å²) in [6.45, 7) is 12.0. The van der Waals surface area contributed by atoms with Crippen LogP contribution in [-0.2, 0) is 0 Å². The number of rotatable bonds is 3. The SMILES string of the molecule is C=Cc1cc2ccccc2c(C2=CCCC=C2)c1C=C.CC. The van der Waals surface area contributed by atoms with Gasteiger partial charge in [0.2, 0.25) is 0 Å². The van der Waals surface area contributed by atoms with Crippen LogP contribution in [0.1, 0.15) is 43.4 Å². The van der Waals surface area contributed by atoms with Gasteiger partial charge in [-0.15, -0.1) is 0 Å². The van der Waals surface area contributed by atoms with Gasteiger partial charge in [-0.05, 0) is 51.9 Å². The van der Waals surface area contributed by atoms with Crippen molar-refractivity contribution in [3.8, 4) is 0 Å². The van der Waals surface area contributed by atoms with Crippen molar-refractivity contribution in [2.45, 2.75) is 26.7 Å². The molecule has 0 heterocycles. The topological polar surface area (TPSA) is 0 Å². The molecule has 0 aliphatic heterocycles. The molecule has 2 aromatic carbocycles. The standard InChI is InChI=1S/C20H18.C2H6/c1-3-15-14-17-12-8-9-13-19(17)20(18(15)4-2)16-10-6-5-7-11-16;1-2/h3-4,6,8-14H,1-2,5,7H2;1-2H3. The van der Waals surface area contributed by atoms with Crippen LogP contribution in [0, 0.1) is 0 Å². The lowest BCUT2D eigenvalue weighted by Crippen LogP contribution is -1.95. The van der Waals surface area contributed by atoms with E-state index in [1.807, 2.05) is 26.0 Å². The molecule has 1 aliphatic carbocycles. The lowest BCUT2D eigenvalue weighted by atomic mass is 9.87. The maximum atomic E-state index is 4.00. The van der Waals surface area contributed by atoms with E-state index in [4.69, 9.17) is 0 Å². The van der Waals surface area contributed by atoms with E-state index in [2.05, 4.69) is 61.7 Å². The highest BCUT2D eigenvalue weighted by atomic mass is 14.2. The molecular weight excluding hydrogens is 264 g/mol. The summed E-state index contributed by atoms with van der Waals surface area (Å²) < 4.78 is 0. The van der Waals surface area contributed by atoms with Crippen LogP contribution in [0.15, 0.2) is 61.7 Å². The van der Waals surface area contributed by atoms with Gasteiger partial charge in [0.15, 0.2) is 0 Å². The summed E-state index contributed by atoms with van der Waals surface area (Å²) in [6.07, 6.45) is 12.9. The molecule has 2 aromatic rings. The first-order chi connectivity index (χ1) is 10.8. The van der Waals surface area contributed by atoms with Crippen molar-refractivity contribution in [3.63, 3.8) is 0 Å². The van der Waals surface area contributed by atoms with Crippen LogP contribution in [0.25, 0.3) is 28.5 Å². The number of hydrogen-bond acceptors (Lipinski definition) is 0. The summed E-state index contributed by atoms with van der Waals surface area (Å²) in [4.78, 5) is 0. The highest BCUT2D eigenvalue weighted by molar-refractivity contribution is 6.01. The molecule has 0 atom stereocenters. The molecule has 0 saturated heterocycles. The second-order valence-electron chi connectivity index (χ2n) is 5.02. The summed E-state index contributed by atoms with van der Waals surface area (Å²) in [7, 11) is 0. The maximum Gasteiger partial charge on any atom is -0.00303 e. The third-order valence-corrected chi connectivity index (χ3v) is 3.83. The summed E-state index contributed by atoms with van der Waals surface area (Å²) in [5.74, 6) is 0. The first-order valence-corrected chi connectivity index (χ1v) is 8.03. The minimum atomic E-state index is 1.11. The van der Waals surface area contributed by atoms with E-state index in [-0.39, 0.29) is 0 Å². The van der Waals surface area contributed by atoms with Crippen molar-refractivity contribution in [2.75, 3.05) is 0 Å². The van der Waals surface area contributed by atoms with Crippen molar-refractivity contribution in [1.82, 2.24) is 0 Å². The molecule has 0 bridgehead atoms. The molecule has 112 valence electrons. The van der Waals surface area contributed by atoms with Gasteiger partial charge in [-0.2, -0.15) is 0 Å². The van der Waals surface area contributed by atoms with Gasteiger partial charge in [0.1, 0.15) is 0 Å². The van der Waals surface area contributed by atoms with Crippen LogP contribution in [-0.4, -0.2) is 0 Å². The quantitative estimate of drug-likeness (QED) is 0.577. The van der Waals surface area contributed by atoms with Gasteiger partial charge in [-0.1, -0.05) is 81.7 Å². The van der Waals surface area contributed by atoms with E-state index < -0.39 is 0 Å². The number of benzene rings is 2. The fourth-order valence-electron chi connectivity index (χ4n) is 2.88. The molecule has 3 rings (SSSR count). The third kappa shape index (κ3) is 2.96. The van der Waals surface area contributed by atoms with Gasteiger partial charge in [0, 0.05) is 0 Å². The van der Waals surface area contributed by atoms with E-state index in [0.29, 0.717) is 0 Å². The molecule has 22 heavy (non-hydrogen) atoms. The van der Waals surface area contributed by atoms with Crippen molar-refractivity contribution < 1.29 is 0 Å². The molecule has 0 spiro atoms. The summed E-state index contributed by atoms with van der Waals surface area (Å²) >= 11 is 0. The normalized spacial score (nSPS) is 13.1. The Bertz CT molecular complexity index is 742. The number of fused-ring (bicyclic) bond motifs is 1. The molecule has 0 fully saturated rings. The Morgan fingerprint density at radius 2 is 1.77 bits per heavy atom. The zero-order valence-electron chi connectivity index (χ0n) is 13.6. The van der Waals surface area contributed by atoms with Gasteiger partial charge >= 0.3 is 0 Å². The molecule has 0 radical (unpaired) electrons. The van der Waals surface area contributed by atoms with Crippen molar-refractivity contribution >= 4 is 28.5 Å². The monoisotopic (exact) mass is 288 g/mol. The maximum absolute atomic E-state index is 4.00. The molecule has 1 aliphatic rings. The zero-order chi connectivity index (χ0) is 15.9. The van der Waals surface area contributed by atoms with Crippen molar-refractivity contribution in [1.29, 1.82) is 0 Å². The average Bonchev–Trinajstić information content (AvgIpc) is 2.62. The molecule has 0 saturated carbocycles. The Morgan fingerprint density at radius 3 is 2.41 bits per heavy atom. The summed E-state index contributed by atoms with van der Waals surface area (Å²) in [5, 5.41) is 2.54. The second-order valence-corrected chi connectivity index (χ2v) is 5.02.